The fourth-order valence-electron chi connectivity index (χ4n) is 1.29. The first-order chi connectivity index (χ1) is 8.48. The van der Waals surface area contributed by atoms with Crippen molar-refractivity contribution in [3.63, 3.8) is 0 Å². The van der Waals surface area contributed by atoms with Crippen molar-refractivity contribution < 1.29 is 24.5 Å². The molecule has 7 heteroatoms. The zero-order chi connectivity index (χ0) is 13.8. The van der Waals surface area contributed by atoms with Gasteiger partial charge in [0.25, 0.3) is 5.91 Å². The van der Waals surface area contributed by atoms with Crippen LogP contribution in [0.15, 0.2) is 18.2 Å². The lowest BCUT2D eigenvalue weighted by molar-refractivity contribution is 0.0373. The van der Waals surface area contributed by atoms with E-state index in [-0.39, 0.29) is 11.3 Å². The number of hydrogen-bond donors (Lipinski definition) is 5. The number of aliphatic hydroxyl groups is 3. The average Bonchev–Trinajstić information content (AvgIpc) is 2.38. The molecule has 6 nitrogen and oxygen atoms in total. The van der Waals surface area contributed by atoms with Crippen LogP contribution >= 0.6 is 0 Å². The van der Waals surface area contributed by atoms with Gasteiger partial charge in [-0.3, -0.25) is 4.79 Å². The molecule has 1 rings (SSSR count). The predicted molar refractivity (Wildman–Crippen MR) is 62.3 cm³/mol. The van der Waals surface area contributed by atoms with Crippen LogP contribution < -0.4 is 11.1 Å². The predicted octanol–water partition coefficient (Wildman–Crippen LogP) is -1.15. The van der Waals surface area contributed by atoms with Crippen LogP contribution in [0.3, 0.4) is 0 Å². The van der Waals surface area contributed by atoms with E-state index in [1.807, 2.05) is 0 Å². The highest BCUT2D eigenvalue weighted by Crippen LogP contribution is 2.13. The number of benzene rings is 1. The number of anilines is 1. The molecule has 0 bridgehead atoms. The van der Waals surface area contributed by atoms with E-state index in [0.717, 1.165) is 12.1 Å². The molecule has 0 aromatic heterocycles. The number of nitrogen functional groups attached to an aromatic ring is 1. The summed E-state index contributed by atoms with van der Waals surface area (Å²) >= 11 is 0. The van der Waals surface area contributed by atoms with Crippen LogP contribution in [0.2, 0.25) is 0 Å². The summed E-state index contributed by atoms with van der Waals surface area (Å²) in [4.78, 5) is 11.8. The molecule has 0 spiro atoms. The second kappa shape index (κ2) is 5.76. The Morgan fingerprint density at radius 1 is 1.28 bits per heavy atom. The third-order valence-corrected chi connectivity index (χ3v) is 2.52. The Bertz CT molecular complexity index is 427. The van der Waals surface area contributed by atoms with E-state index in [9.17, 15) is 9.18 Å². The minimum atomic E-state index is -1.60. The Hall–Kier alpha value is -1.70. The highest BCUT2D eigenvalue weighted by molar-refractivity contribution is 5.95. The second-order valence-corrected chi connectivity index (χ2v) is 3.95. The summed E-state index contributed by atoms with van der Waals surface area (Å²) in [5.74, 6) is -1.67. The van der Waals surface area contributed by atoms with Crippen LogP contribution in [0.25, 0.3) is 0 Å². The standard InChI is InChI=1S/C11H15FN2O4/c12-9-2-1-7(13)3-8(9)10(18)14-11(4-15,5-16)6-17/h1-3,15-17H,4-6,13H2,(H,14,18). The maximum atomic E-state index is 13.4. The molecule has 18 heavy (non-hydrogen) atoms. The Morgan fingerprint density at radius 2 is 1.83 bits per heavy atom. The minimum Gasteiger partial charge on any atom is -0.399 e. The zero-order valence-electron chi connectivity index (χ0n) is 9.56. The number of amides is 1. The van der Waals surface area contributed by atoms with Crippen LogP contribution in [-0.4, -0.2) is 46.6 Å². The number of carbonyl (C=O) groups excluding carboxylic acids is 1. The maximum Gasteiger partial charge on any atom is 0.255 e. The van der Waals surface area contributed by atoms with E-state index in [2.05, 4.69) is 5.32 Å². The van der Waals surface area contributed by atoms with Gasteiger partial charge in [-0.25, -0.2) is 4.39 Å². The van der Waals surface area contributed by atoms with Crippen molar-refractivity contribution in [1.82, 2.24) is 5.32 Å². The number of nitrogens with one attached hydrogen (secondary N) is 1. The molecule has 0 saturated heterocycles. The van der Waals surface area contributed by atoms with E-state index in [4.69, 9.17) is 21.1 Å². The van der Waals surface area contributed by atoms with Crippen LogP contribution in [-0.2, 0) is 0 Å². The third kappa shape index (κ3) is 2.95. The van der Waals surface area contributed by atoms with Gasteiger partial charge in [0.2, 0.25) is 0 Å². The molecule has 0 radical (unpaired) electrons. The molecule has 0 aliphatic heterocycles. The van der Waals surface area contributed by atoms with Crippen molar-refractivity contribution in [2.75, 3.05) is 25.6 Å². The summed E-state index contributed by atoms with van der Waals surface area (Å²) in [6, 6.07) is 3.45. The fraction of sp³-hybridized carbons (Fsp3) is 0.364. The molecule has 0 heterocycles. The Morgan fingerprint density at radius 3 is 2.33 bits per heavy atom. The molecular weight excluding hydrogens is 243 g/mol. The van der Waals surface area contributed by atoms with Gasteiger partial charge in [0.05, 0.1) is 25.4 Å². The largest absolute Gasteiger partial charge is 0.399 e. The monoisotopic (exact) mass is 258 g/mol. The van der Waals surface area contributed by atoms with Gasteiger partial charge in [-0.05, 0) is 18.2 Å². The molecule has 1 amide bonds. The first kappa shape index (κ1) is 14.4. The summed E-state index contributed by atoms with van der Waals surface area (Å²) in [6.07, 6.45) is 0. The summed E-state index contributed by atoms with van der Waals surface area (Å²) < 4.78 is 13.4. The number of halogens is 1. The number of rotatable bonds is 5. The van der Waals surface area contributed by atoms with Gasteiger partial charge in [-0.15, -0.1) is 0 Å². The van der Waals surface area contributed by atoms with Crippen molar-refractivity contribution in [2.24, 2.45) is 0 Å². The lowest BCUT2D eigenvalue weighted by Crippen LogP contribution is -2.57. The number of nitrogens with two attached hydrogens (primary N) is 1. The van der Waals surface area contributed by atoms with E-state index in [1.165, 1.54) is 6.07 Å². The van der Waals surface area contributed by atoms with Crippen LogP contribution in [0.5, 0.6) is 0 Å². The van der Waals surface area contributed by atoms with Gasteiger partial charge >= 0.3 is 0 Å². The fourth-order valence-corrected chi connectivity index (χ4v) is 1.29. The lowest BCUT2D eigenvalue weighted by atomic mass is 10.0. The van der Waals surface area contributed by atoms with Crippen molar-refractivity contribution in [2.45, 2.75) is 5.54 Å². The first-order valence-corrected chi connectivity index (χ1v) is 5.18. The number of hydrogen-bond acceptors (Lipinski definition) is 5. The van der Waals surface area contributed by atoms with Crippen LogP contribution in [0.4, 0.5) is 10.1 Å². The molecule has 0 aliphatic carbocycles. The molecule has 1 aromatic rings. The van der Waals surface area contributed by atoms with E-state index in [1.54, 1.807) is 0 Å². The molecule has 0 unspecified atom stereocenters. The summed E-state index contributed by atoms with van der Waals surface area (Å²) in [7, 11) is 0. The molecule has 1 aromatic carbocycles. The normalized spacial score (nSPS) is 11.3. The molecule has 0 saturated carbocycles. The van der Waals surface area contributed by atoms with Crippen LogP contribution in [0.1, 0.15) is 10.4 Å². The summed E-state index contributed by atoms with van der Waals surface area (Å²) in [5.41, 5.74) is 3.70. The maximum absolute atomic E-state index is 13.4. The Balaban J connectivity index is 2.97. The highest BCUT2D eigenvalue weighted by atomic mass is 19.1. The van der Waals surface area contributed by atoms with Crippen molar-refractivity contribution in [3.8, 4) is 0 Å². The van der Waals surface area contributed by atoms with Gasteiger partial charge in [-0.2, -0.15) is 0 Å². The number of aliphatic hydroxyl groups excluding tert-OH is 3. The first-order valence-electron chi connectivity index (χ1n) is 5.18. The molecule has 0 atom stereocenters. The van der Waals surface area contributed by atoms with Gasteiger partial charge in [0, 0.05) is 5.69 Å². The Labute approximate surface area is 103 Å². The quantitative estimate of drug-likeness (QED) is 0.428. The zero-order valence-corrected chi connectivity index (χ0v) is 9.56. The van der Waals surface area contributed by atoms with Crippen molar-refractivity contribution in [1.29, 1.82) is 0 Å². The van der Waals surface area contributed by atoms with E-state index in [0.29, 0.717) is 0 Å². The van der Waals surface area contributed by atoms with Crippen molar-refractivity contribution >= 4 is 11.6 Å². The van der Waals surface area contributed by atoms with Gasteiger partial charge in [0.15, 0.2) is 0 Å². The number of carbonyl (C=O) groups is 1. The van der Waals surface area contributed by atoms with E-state index >= 15 is 0 Å². The van der Waals surface area contributed by atoms with Gasteiger partial charge in [-0.1, -0.05) is 0 Å². The van der Waals surface area contributed by atoms with Crippen LogP contribution in [0, 0.1) is 5.82 Å². The molecule has 6 N–H and O–H groups in total. The molecule has 0 fully saturated rings. The smallest absolute Gasteiger partial charge is 0.255 e. The molecule has 100 valence electrons. The topological polar surface area (TPSA) is 116 Å². The summed E-state index contributed by atoms with van der Waals surface area (Å²) in [6.45, 7) is -2.05. The SMILES string of the molecule is Nc1ccc(F)c(C(=O)NC(CO)(CO)CO)c1. The van der Waals surface area contributed by atoms with E-state index < -0.39 is 37.1 Å². The lowest BCUT2D eigenvalue weighted by Gasteiger charge is -2.28. The second-order valence-electron chi connectivity index (χ2n) is 3.95. The van der Waals surface area contributed by atoms with Crippen molar-refractivity contribution in [3.05, 3.63) is 29.6 Å². The Kier molecular flexibility index (Phi) is 4.60. The molecular formula is C11H15FN2O4. The van der Waals surface area contributed by atoms with Gasteiger partial charge < -0.3 is 26.4 Å². The molecule has 0 aliphatic rings. The van der Waals surface area contributed by atoms with Gasteiger partial charge in [0.1, 0.15) is 11.4 Å². The minimum absolute atomic E-state index is 0.198. The third-order valence-electron chi connectivity index (χ3n) is 2.52. The highest BCUT2D eigenvalue weighted by Gasteiger charge is 2.31. The summed E-state index contributed by atoms with van der Waals surface area (Å²) in [5, 5.41) is 29.3. The average molecular weight is 258 g/mol.